The Labute approximate surface area is 111 Å². The molecule has 0 aliphatic heterocycles. The number of amidine groups is 1. The predicted octanol–water partition coefficient (Wildman–Crippen LogP) is 1.98. The molecule has 0 aliphatic carbocycles. The highest BCUT2D eigenvalue weighted by Gasteiger charge is 2.13. The van der Waals surface area contributed by atoms with Gasteiger partial charge >= 0.3 is 0 Å². The van der Waals surface area contributed by atoms with Crippen LogP contribution in [0.15, 0.2) is 29.4 Å². The molecule has 0 bridgehead atoms. The first-order chi connectivity index (χ1) is 8.56. The molecule has 1 aromatic rings. The van der Waals surface area contributed by atoms with Gasteiger partial charge in [-0.1, -0.05) is 29.7 Å². The number of oxime groups is 1. The number of benzene rings is 1. The van der Waals surface area contributed by atoms with E-state index < -0.39 is 0 Å². The molecule has 0 aromatic heterocycles. The maximum absolute atomic E-state index is 11.9. The topological polar surface area (TPSA) is 87.7 Å². The lowest BCUT2D eigenvalue weighted by Gasteiger charge is -2.16. The Morgan fingerprint density at radius 2 is 2.33 bits per heavy atom. The smallest absolute Gasteiger partial charge is 0.251 e. The average molecular weight is 270 g/mol. The third-order valence-electron chi connectivity index (χ3n) is 2.50. The quantitative estimate of drug-likeness (QED) is 0.331. The maximum atomic E-state index is 11.9. The van der Waals surface area contributed by atoms with Crippen molar-refractivity contribution in [1.29, 1.82) is 0 Å². The highest BCUT2D eigenvalue weighted by Crippen LogP contribution is 2.11. The summed E-state index contributed by atoms with van der Waals surface area (Å²) < 4.78 is 0. The molecule has 98 valence electrons. The molecule has 1 amide bonds. The van der Waals surface area contributed by atoms with Crippen LogP contribution in [0, 0.1) is 0 Å². The highest BCUT2D eigenvalue weighted by molar-refractivity contribution is 6.30. The number of carbonyl (C=O) groups is 1. The van der Waals surface area contributed by atoms with E-state index in [1.54, 1.807) is 24.3 Å². The van der Waals surface area contributed by atoms with Crippen LogP contribution >= 0.6 is 11.6 Å². The molecule has 5 nitrogen and oxygen atoms in total. The van der Waals surface area contributed by atoms with Gasteiger partial charge in [0, 0.05) is 23.0 Å². The van der Waals surface area contributed by atoms with E-state index in [1.807, 2.05) is 6.92 Å². The van der Waals surface area contributed by atoms with Gasteiger partial charge < -0.3 is 16.3 Å². The van der Waals surface area contributed by atoms with Crippen molar-refractivity contribution < 1.29 is 10.0 Å². The van der Waals surface area contributed by atoms with Gasteiger partial charge in [0.2, 0.25) is 0 Å². The second-order valence-electron chi connectivity index (χ2n) is 3.88. The Bertz CT molecular complexity index is 449. The Hall–Kier alpha value is -1.75. The fourth-order valence-corrected chi connectivity index (χ4v) is 1.68. The van der Waals surface area contributed by atoms with Crippen molar-refractivity contribution in [2.75, 3.05) is 0 Å². The normalized spacial score (nSPS) is 13.1. The molecular weight excluding hydrogens is 254 g/mol. The standard InChI is InChI=1S/C12H16ClN3O2/c1-2-10(7-11(14)16-18)15-12(17)8-4-3-5-9(13)6-8/h3-6,10,18H,2,7H2,1H3,(H2,14,16)(H,15,17). The van der Waals surface area contributed by atoms with Crippen molar-refractivity contribution >= 4 is 23.3 Å². The maximum Gasteiger partial charge on any atom is 0.251 e. The monoisotopic (exact) mass is 269 g/mol. The summed E-state index contributed by atoms with van der Waals surface area (Å²) in [6, 6.07) is 6.51. The zero-order chi connectivity index (χ0) is 13.5. The minimum atomic E-state index is -0.227. The largest absolute Gasteiger partial charge is 0.409 e. The van der Waals surface area contributed by atoms with E-state index in [1.165, 1.54) is 0 Å². The van der Waals surface area contributed by atoms with Crippen LogP contribution in [0.1, 0.15) is 30.1 Å². The summed E-state index contributed by atoms with van der Waals surface area (Å²) in [5.74, 6) is -0.136. The van der Waals surface area contributed by atoms with E-state index in [0.717, 1.165) is 0 Å². The van der Waals surface area contributed by atoms with Gasteiger partial charge in [-0.15, -0.1) is 0 Å². The van der Waals surface area contributed by atoms with Crippen molar-refractivity contribution in [1.82, 2.24) is 5.32 Å². The summed E-state index contributed by atoms with van der Waals surface area (Å²) in [7, 11) is 0. The highest BCUT2D eigenvalue weighted by atomic mass is 35.5. The van der Waals surface area contributed by atoms with Crippen molar-refractivity contribution in [2.24, 2.45) is 10.9 Å². The van der Waals surface area contributed by atoms with Crippen molar-refractivity contribution in [3.05, 3.63) is 34.9 Å². The molecule has 0 aliphatic rings. The third kappa shape index (κ3) is 4.25. The summed E-state index contributed by atoms with van der Waals surface area (Å²) in [6.45, 7) is 1.91. The zero-order valence-electron chi connectivity index (χ0n) is 10.1. The Morgan fingerprint density at radius 3 is 2.89 bits per heavy atom. The van der Waals surface area contributed by atoms with Gasteiger partial charge in [-0.05, 0) is 24.6 Å². The molecule has 0 spiro atoms. The fraction of sp³-hybridized carbons (Fsp3) is 0.333. The van der Waals surface area contributed by atoms with Crippen LogP contribution in [0.3, 0.4) is 0 Å². The number of nitrogens with two attached hydrogens (primary N) is 1. The van der Waals surface area contributed by atoms with Crippen LogP contribution in [0.4, 0.5) is 0 Å². The van der Waals surface area contributed by atoms with Crippen molar-refractivity contribution in [3.63, 3.8) is 0 Å². The molecule has 0 fully saturated rings. The van der Waals surface area contributed by atoms with Gasteiger partial charge in [0.1, 0.15) is 5.84 Å². The van der Waals surface area contributed by atoms with Crippen LogP contribution in [-0.2, 0) is 0 Å². The number of nitrogens with one attached hydrogen (secondary N) is 1. The summed E-state index contributed by atoms with van der Waals surface area (Å²) in [4.78, 5) is 11.9. The van der Waals surface area contributed by atoms with E-state index in [4.69, 9.17) is 22.5 Å². The Balaban J connectivity index is 2.68. The number of hydrogen-bond donors (Lipinski definition) is 3. The minimum absolute atomic E-state index is 0.0910. The molecule has 1 rings (SSSR count). The fourth-order valence-electron chi connectivity index (χ4n) is 1.49. The van der Waals surface area contributed by atoms with Gasteiger partial charge in [0.15, 0.2) is 0 Å². The second-order valence-corrected chi connectivity index (χ2v) is 4.32. The Morgan fingerprint density at radius 1 is 1.61 bits per heavy atom. The first-order valence-electron chi connectivity index (χ1n) is 5.59. The molecule has 1 aromatic carbocycles. The summed E-state index contributed by atoms with van der Waals surface area (Å²) in [6.07, 6.45) is 0.988. The lowest BCUT2D eigenvalue weighted by molar-refractivity contribution is 0.0937. The number of nitrogens with zero attached hydrogens (tertiary/aromatic N) is 1. The van der Waals surface area contributed by atoms with E-state index >= 15 is 0 Å². The first kappa shape index (κ1) is 14.3. The molecule has 6 heteroatoms. The molecule has 0 saturated heterocycles. The number of amides is 1. The van der Waals surface area contributed by atoms with Crippen LogP contribution in [0.25, 0.3) is 0 Å². The van der Waals surface area contributed by atoms with E-state index in [2.05, 4.69) is 10.5 Å². The number of halogens is 1. The second kappa shape index (κ2) is 6.86. The van der Waals surface area contributed by atoms with Crippen LogP contribution in [0.2, 0.25) is 5.02 Å². The molecule has 4 N–H and O–H groups in total. The lowest BCUT2D eigenvalue weighted by Crippen LogP contribution is -2.37. The van der Waals surface area contributed by atoms with E-state index in [-0.39, 0.29) is 17.8 Å². The Kier molecular flexibility index (Phi) is 5.45. The predicted molar refractivity (Wildman–Crippen MR) is 71.0 cm³/mol. The SMILES string of the molecule is CCC(CC(N)=NO)NC(=O)c1cccc(Cl)c1. The number of carbonyl (C=O) groups excluding carboxylic acids is 1. The molecule has 0 saturated carbocycles. The molecule has 0 heterocycles. The van der Waals surface area contributed by atoms with E-state index in [9.17, 15) is 4.79 Å². The van der Waals surface area contributed by atoms with Crippen molar-refractivity contribution in [2.45, 2.75) is 25.8 Å². The van der Waals surface area contributed by atoms with Crippen molar-refractivity contribution in [3.8, 4) is 0 Å². The molecule has 0 radical (unpaired) electrons. The minimum Gasteiger partial charge on any atom is -0.409 e. The summed E-state index contributed by atoms with van der Waals surface area (Å²) in [5.41, 5.74) is 5.90. The third-order valence-corrected chi connectivity index (χ3v) is 2.73. The first-order valence-corrected chi connectivity index (χ1v) is 5.97. The van der Waals surface area contributed by atoms with Crippen LogP contribution in [-0.4, -0.2) is 23.0 Å². The van der Waals surface area contributed by atoms with Gasteiger partial charge in [-0.25, -0.2) is 0 Å². The molecule has 1 unspecified atom stereocenters. The number of hydrogen-bond acceptors (Lipinski definition) is 3. The van der Waals surface area contributed by atoms with E-state index in [0.29, 0.717) is 23.4 Å². The van der Waals surface area contributed by atoms with Crippen LogP contribution < -0.4 is 11.1 Å². The van der Waals surface area contributed by atoms with Gasteiger partial charge in [-0.2, -0.15) is 0 Å². The zero-order valence-corrected chi connectivity index (χ0v) is 10.8. The molecular formula is C12H16ClN3O2. The number of rotatable bonds is 5. The summed E-state index contributed by atoms with van der Waals surface area (Å²) in [5, 5.41) is 14.7. The molecule has 1 atom stereocenters. The van der Waals surface area contributed by atoms with Gasteiger partial charge in [0.25, 0.3) is 5.91 Å². The summed E-state index contributed by atoms with van der Waals surface area (Å²) >= 11 is 5.81. The van der Waals surface area contributed by atoms with Gasteiger partial charge in [0.05, 0.1) is 0 Å². The average Bonchev–Trinajstić information content (AvgIpc) is 2.37. The lowest BCUT2D eigenvalue weighted by atomic mass is 10.1. The molecule has 18 heavy (non-hydrogen) atoms. The van der Waals surface area contributed by atoms with Gasteiger partial charge in [-0.3, -0.25) is 4.79 Å². The van der Waals surface area contributed by atoms with Crippen LogP contribution in [0.5, 0.6) is 0 Å².